The van der Waals surface area contributed by atoms with Crippen LogP contribution >= 0.6 is 11.3 Å². The first kappa shape index (κ1) is 16.0. The number of likely N-dealkylation sites (N-methyl/N-ethyl adjacent to an activating group) is 1. The summed E-state index contributed by atoms with van der Waals surface area (Å²) in [6.07, 6.45) is 0. The maximum Gasteiger partial charge on any atom is 0.319 e. The Hall–Kier alpha value is -1.92. The summed E-state index contributed by atoms with van der Waals surface area (Å²) in [5.74, 6) is 0.476. The van der Waals surface area contributed by atoms with Crippen LogP contribution in [0.5, 0.6) is 0 Å². The molecule has 23 heavy (non-hydrogen) atoms. The number of hydrogen-bond donors (Lipinski definition) is 2. The summed E-state index contributed by atoms with van der Waals surface area (Å²) in [5.41, 5.74) is 0.459. The molecule has 0 spiro atoms. The molecule has 0 saturated carbocycles. The molecule has 3 rings (SSSR count). The molecule has 2 aromatic rings. The van der Waals surface area contributed by atoms with Gasteiger partial charge < -0.3 is 15.5 Å². The van der Waals surface area contributed by atoms with Gasteiger partial charge in [0.1, 0.15) is 5.82 Å². The van der Waals surface area contributed by atoms with Crippen LogP contribution in [0.1, 0.15) is 10.8 Å². The largest absolute Gasteiger partial charge is 0.338 e. The second-order valence-electron chi connectivity index (χ2n) is 5.95. The highest BCUT2D eigenvalue weighted by molar-refractivity contribution is 7.10. The number of thiophene rings is 1. The molecule has 1 saturated heterocycles. The van der Waals surface area contributed by atoms with Gasteiger partial charge in [-0.25, -0.2) is 9.18 Å². The summed E-state index contributed by atoms with van der Waals surface area (Å²) in [7, 11) is 2.10. The van der Waals surface area contributed by atoms with Gasteiger partial charge in [-0.1, -0.05) is 12.1 Å². The van der Waals surface area contributed by atoms with Crippen molar-refractivity contribution in [1.82, 2.24) is 10.2 Å². The second kappa shape index (κ2) is 7.10. The van der Waals surface area contributed by atoms with Crippen molar-refractivity contribution in [3.63, 3.8) is 0 Å². The number of rotatable bonds is 4. The third-order valence-electron chi connectivity index (χ3n) is 4.14. The molecule has 4 nitrogen and oxygen atoms in total. The van der Waals surface area contributed by atoms with E-state index < -0.39 is 0 Å². The van der Waals surface area contributed by atoms with Gasteiger partial charge in [-0.3, -0.25) is 0 Å². The van der Waals surface area contributed by atoms with Gasteiger partial charge in [0.15, 0.2) is 0 Å². The van der Waals surface area contributed by atoms with E-state index in [1.54, 1.807) is 23.5 Å². The SMILES string of the molecule is CN1C[C@@H](CNC(=O)Nc2cccc(F)c2)[C@H](c2cccs2)C1. The third kappa shape index (κ3) is 4.09. The molecule has 2 amide bonds. The van der Waals surface area contributed by atoms with Crippen LogP contribution in [-0.2, 0) is 0 Å². The van der Waals surface area contributed by atoms with Crippen LogP contribution in [0.4, 0.5) is 14.9 Å². The van der Waals surface area contributed by atoms with Crippen molar-refractivity contribution in [1.29, 1.82) is 0 Å². The van der Waals surface area contributed by atoms with E-state index in [0.717, 1.165) is 13.1 Å². The maximum absolute atomic E-state index is 13.1. The van der Waals surface area contributed by atoms with Gasteiger partial charge in [0, 0.05) is 36.1 Å². The zero-order chi connectivity index (χ0) is 16.2. The lowest BCUT2D eigenvalue weighted by Gasteiger charge is -2.18. The normalized spacial score (nSPS) is 21.3. The van der Waals surface area contributed by atoms with Crippen molar-refractivity contribution in [3.05, 3.63) is 52.5 Å². The molecule has 2 heterocycles. The molecule has 0 unspecified atom stereocenters. The molecule has 122 valence electrons. The predicted octanol–water partition coefficient (Wildman–Crippen LogP) is 3.35. The summed E-state index contributed by atoms with van der Waals surface area (Å²) in [5, 5.41) is 7.67. The van der Waals surface area contributed by atoms with Crippen molar-refractivity contribution in [2.24, 2.45) is 5.92 Å². The summed E-state index contributed by atoms with van der Waals surface area (Å²) in [4.78, 5) is 15.7. The Balaban J connectivity index is 1.55. The molecule has 2 atom stereocenters. The first-order valence-corrected chi connectivity index (χ1v) is 8.52. The number of halogens is 1. The van der Waals surface area contributed by atoms with Crippen molar-refractivity contribution in [3.8, 4) is 0 Å². The topological polar surface area (TPSA) is 44.4 Å². The van der Waals surface area contributed by atoms with Gasteiger partial charge in [0.05, 0.1) is 0 Å². The Morgan fingerprint density at radius 3 is 2.96 bits per heavy atom. The van der Waals surface area contributed by atoms with E-state index in [-0.39, 0.29) is 11.8 Å². The van der Waals surface area contributed by atoms with E-state index in [1.165, 1.54) is 17.0 Å². The van der Waals surface area contributed by atoms with E-state index in [9.17, 15) is 9.18 Å². The van der Waals surface area contributed by atoms with Crippen molar-refractivity contribution < 1.29 is 9.18 Å². The highest BCUT2D eigenvalue weighted by Gasteiger charge is 2.32. The van der Waals surface area contributed by atoms with Crippen LogP contribution in [0.3, 0.4) is 0 Å². The van der Waals surface area contributed by atoms with Gasteiger partial charge in [-0.2, -0.15) is 0 Å². The summed E-state index contributed by atoms with van der Waals surface area (Å²) in [6.45, 7) is 2.58. The Morgan fingerprint density at radius 1 is 1.35 bits per heavy atom. The van der Waals surface area contributed by atoms with Gasteiger partial charge in [-0.05, 0) is 42.6 Å². The maximum atomic E-state index is 13.1. The summed E-state index contributed by atoms with van der Waals surface area (Å²) < 4.78 is 13.1. The van der Waals surface area contributed by atoms with E-state index in [2.05, 4.69) is 40.1 Å². The highest BCUT2D eigenvalue weighted by atomic mass is 32.1. The van der Waals surface area contributed by atoms with Crippen LogP contribution in [0.15, 0.2) is 41.8 Å². The summed E-state index contributed by atoms with van der Waals surface area (Å²) in [6, 6.07) is 9.83. The first-order valence-electron chi connectivity index (χ1n) is 7.64. The van der Waals surface area contributed by atoms with Crippen LogP contribution in [0.25, 0.3) is 0 Å². The lowest BCUT2D eigenvalue weighted by Crippen LogP contribution is -2.35. The molecule has 0 radical (unpaired) electrons. The predicted molar refractivity (Wildman–Crippen MR) is 91.5 cm³/mol. The third-order valence-corrected chi connectivity index (χ3v) is 5.14. The highest BCUT2D eigenvalue weighted by Crippen LogP contribution is 2.34. The summed E-state index contributed by atoms with van der Waals surface area (Å²) >= 11 is 1.77. The number of nitrogens with zero attached hydrogens (tertiary/aromatic N) is 1. The fourth-order valence-corrected chi connectivity index (χ4v) is 4.00. The number of carbonyl (C=O) groups is 1. The van der Waals surface area contributed by atoms with Crippen molar-refractivity contribution >= 4 is 23.1 Å². The molecule has 1 aromatic heterocycles. The van der Waals surface area contributed by atoms with Crippen LogP contribution < -0.4 is 10.6 Å². The van der Waals surface area contributed by atoms with Crippen LogP contribution in [0, 0.1) is 11.7 Å². The fourth-order valence-electron chi connectivity index (χ4n) is 3.08. The van der Waals surface area contributed by atoms with Gasteiger partial charge in [-0.15, -0.1) is 11.3 Å². The van der Waals surface area contributed by atoms with E-state index in [0.29, 0.717) is 24.1 Å². The molecule has 1 aromatic carbocycles. The quantitative estimate of drug-likeness (QED) is 0.901. The van der Waals surface area contributed by atoms with E-state index in [1.807, 2.05) is 0 Å². The molecule has 6 heteroatoms. The van der Waals surface area contributed by atoms with Gasteiger partial charge in [0.25, 0.3) is 0 Å². The van der Waals surface area contributed by atoms with E-state index in [4.69, 9.17) is 0 Å². The van der Waals surface area contributed by atoms with E-state index >= 15 is 0 Å². The first-order chi connectivity index (χ1) is 11.1. The minimum absolute atomic E-state index is 0.296. The molecule has 1 aliphatic heterocycles. The number of anilines is 1. The average molecular weight is 333 g/mol. The smallest absolute Gasteiger partial charge is 0.319 e. The Kier molecular flexibility index (Phi) is 4.93. The molecule has 1 aliphatic rings. The van der Waals surface area contributed by atoms with Gasteiger partial charge in [0.2, 0.25) is 0 Å². The molecule has 1 fully saturated rings. The zero-order valence-corrected chi connectivity index (χ0v) is 13.8. The Labute approximate surface area is 139 Å². The number of benzene rings is 1. The molecular weight excluding hydrogens is 313 g/mol. The minimum atomic E-state index is -0.363. The van der Waals surface area contributed by atoms with Crippen molar-refractivity contribution in [2.45, 2.75) is 5.92 Å². The minimum Gasteiger partial charge on any atom is -0.338 e. The number of hydrogen-bond acceptors (Lipinski definition) is 3. The Bertz CT molecular complexity index is 662. The monoisotopic (exact) mass is 333 g/mol. The molecular formula is C17H20FN3OS. The number of amides is 2. The van der Waals surface area contributed by atoms with Crippen LogP contribution in [0.2, 0.25) is 0 Å². The lowest BCUT2D eigenvalue weighted by molar-refractivity contribution is 0.249. The van der Waals surface area contributed by atoms with Crippen molar-refractivity contribution in [2.75, 3.05) is 32.0 Å². The molecule has 0 bridgehead atoms. The van der Waals surface area contributed by atoms with Gasteiger partial charge >= 0.3 is 6.03 Å². The lowest BCUT2D eigenvalue weighted by atomic mass is 9.94. The number of carbonyl (C=O) groups excluding carboxylic acids is 1. The number of urea groups is 1. The molecule has 2 N–H and O–H groups in total. The number of likely N-dealkylation sites (tertiary alicyclic amines) is 1. The fraction of sp³-hybridized carbons (Fsp3) is 0.353. The second-order valence-corrected chi connectivity index (χ2v) is 6.93. The average Bonchev–Trinajstić information content (AvgIpc) is 3.14. The molecule has 0 aliphatic carbocycles. The Morgan fingerprint density at radius 2 is 2.22 bits per heavy atom. The zero-order valence-electron chi connectivity index (χ0n) is 13.0. The number of nitrogens with one attached hydrogen (secondary N) is 2. The standard InChI is InChI=1S/C17H20FN3OS/c1-21-10-12(15(11-21)16-6-3-7-23-16)9-19-17(22)20-14-5-2-4-13(18)8-14/h2-8,12,15H,9-11H2,1H3,(H2,19,20,22)/t12-,15-/m1/s1. The van der Waals surface area contributed by atoms with Crippen LogP contribution in [-0.4, -0.2) is 37.6 Å².